The lowest BCUT2D eigenvalue weighted by Gasteiger charge is -2.03. The number of hydrogen-bond acceptors (Lipinski definition) is 2. The van der Waals surface area contributed by atoms with Gasteiger partial charge in [0.1, 0.15) is 5.82 Å². The second kappa shape index (κ2) is 4.37. The molecule has 0 bridgehead atoms. The molecule has 17 heavy (non-hydrogen) atoms. The lowest BCUT2D eigenvalue weighted by Crippen LogP contribution is -2.07. The molecule has 0 saturated heterocycles. The van der Waals surface area contributed by atoms with E-state index < -0.39 is 5.97 Å². The van der Waals surface area contributed by atoms with E-state index in [1.165, 1.54) is 16.8 Å². The summed E-state index contributed by atoms with van der Waals surface area (Å²) >= 11 is 0. The average Bonchev–Trinajstić information content (AvgIpc) is 2.61. The van der Waals surface area contributed by atoms with E-state index in [1.54, 1.807) is 25.4 Å². The zero-order chi connectivity index (χ0) is 12.4. The summed E-state index contributed by atoms with van der Waals surface area (Å²) < 4.78 is 14.3. The molecule has 0 fully saturated rings. The van der Waals surface area contributed by atoms with Crippen molar-refractivity contribution in [3.05, 3.63) is 42.0 Å². The number of carboxylic acid groups (broad SMARTS) is 1. The maximum Gasteiger partial charge on any atom is 0.309 e. The van der Waals surface area contributed by atoms with Crippen LogP contribution in [0, 0.1) is 5.82 Å². The Kier molecular flexibility index (Phi) is 2.91. The molecule has 1 heterocycles. The van der Waals surface area contributed by atoms with Gasteiger partial charge in [-0.2, -0.15) is 5.10 Å². The van der Waals surface area contributed by atoms with E-state index in [4.69, 9.17) is 5.11 Å². The minimum atomic E-state index is -0.919. The molecular weight excluding hydrogens is 223 g/mol. The summed E-state index contributed by atoms with van der Waals surface area (Å²) in [6.45, 7) is 0. The Balaban J connectivity index is 2.45. The van der Waals surface area contributed by atoms with Crippen LogP contribution in [0.15, 0.2) is 30.5 Å². The minimum absolute atomic E-state index is 0.108. The highest BCUT2D eigenvalue weighted by molar-refractivity contribution is 5.75. The van der Waals surface area contributed by atoms with Crippen LogP contribution in [0.5, 0.6) is 0 Å². The van der Waals surface area contributed by atoms with Crippen LogP contribution in [0.1, 0.15) is 5.69 Å². The quantitative estimate of drug-likeness (QED) is 0.881. The van der Waals surface area contributed by atoms with Gasteiger partial charge in [-0.05, 0) is 17.7 Å². The Morgan fingerprint density at radius 3 is 2.65 bits per heavy atom. The van der Waals surface area contributed by atoms with Crippen molar-refractivity contribution in [1.29, 1.82) is 0 Å². The molecule has 4 nitrogen and oxygen atoms in total. The molecule has 0 atom stereocenters. The number of hydrogen-bond donors (Lipinski definition) is 1. The van der Waals surface area contributed by atoms with Crippen LogP contribution >= 0.6 is 0 Å². The summed E-state index contributed by atoms with van der Waals surface area (Å²) in [5.74, 6) is -1.24. The van der Waals surface area contributed by atoms with Gasteiger partial charge in [-0.1, -0.05) is 12.1 Å². The molecule has 0 aliphatic heterocycles. The fraction of sp³-hybridized carbons (Fsp3) is 0.167. The molecule has 0 aliphatic rings. The highest BCUT2D eigenvalue weighted by atomic mass is 19.1. The fourth-order valence-electron chi connectivity index (χ4n) is 1.69. The predicted octanol–water partition coefficient (Wildman–Crippen LogP) is 1.85. The van der Waals surface area contributed by atoms with Gasteiger partial charge in [-0.15, -0.1) is 0 Å². The second-order valence-electron chi connectivity index (χ2n) is 3.71. The highest BCUT2D eigenvalue weighted by Crippen LogP contribution is 2.23. The van der Waals surface area contributed by atoms with Crippen molar-refractivity contribution in [2.45, 2.75) is 6.42 Å². The number of benzene rings is 1. The van der Waals surface area contributed by atoms with Crippen molar-refractivity contribution in [3.8, 4) is 11.1 Å². The Morgan fingerprint density at radius 2 is 2.06 bits per heavy atom. The third-order valence-corrected chi connectivity index (χ3v) is 2.54. The van der Waals surface area contributed by atoms with Crippen LogP contribution < -0.4 is 0 Å². The number of carboxylic acids is 1. The molecular formula is C12H11FN2O2. The predicted molar refractivity (Wildman–Crippen MR) is 59.9 cm³/mol. The molecule has 0 saturated carbocycles. The monoisotopic (exact) mass is 234 g/mol. The number of nitrogens with zero attached hydrogens (tertiary/aromatic N) is 2. The van der Waals surface area contributed by atoms with Crippen molar-refractivity contribution in [3.63, 3.8) is 0 Å². The zero-order valence-electron chi connectivity index (χ0n) is 9.22. The molecule has 1 N–H and O–H groups in total. The van der Waals surface area contributed by atoms with E-state index in [-0.39, 0.29) is 12.2 Å². The Labute approximate surface area is 97.3 Å². The van der Waals surface area contributed by atoms with E-state index in [2.05, 4.69) is 5.10 Å². The number of rotatable bonds is 3. The molecule has 0 amide bonds. The summed E-state index contributed by atoms with van der Waals surface area (Å²) in [6, 6.07) is 5.90. The number of aromatic nitrogens is 2. The minimum Gasteiger partial charge on any atom is -0.481 e. The van der Waals surface area contributed by atoms with Crippen LogP contribution in [0.25, 0.3) is 11.1 Å². The summed E-state index contributed by atoms with van der Waals surface area (Å²) in [4.78, 5) is 10.8. The fourth-order valence-corrected chi connectivity index (χ4v) is 1.69. The summed E-state index contributed by atoms with van der Waals surface area (Å²) in [5.41, 5.74) is 2.08. The van der Waals surface area contributed by atoms with Crippen molar-refractivity contribution in [1.82, 2.24) is 9.78 Å². The SMILES string of the molecule is Cn1ncc(-c2ccc(F)cc2)c1CC(=O)O. The van der Waals surface area contributed by atoms with Crippen LogP contribution in [-0.2, 0) is 18.3 Å². The first-order chi connectivity index (χ1) is 8.08. The number of aryl methyl sites for hydroxylation is 1. The van der Waals surface area contributed by atoms with Gasteiger partial charge in [0.2, 0.25) is 0 Å². The first-order valence-corrected chi connectivity index (χ1v) is 5.06. The van der Waals surface area contributed by atoms with Gasteiger partial charge >= 0.3 is 5.97 Å². The molecule has 1 aromatic carbocycles. The average molecular weight is 234 g/mol. The third-order valence-electron chi connectivity index (χ3n) is 2.54. The van der Waals surface area contributed by atoms with Gasteiger partial charge in [0.15, 0.2) is 0 Å². The molecule has 2 aromatic rings. The number of carbonyl (C=O) groups is 1. The van der Waals surface area contributed by atoms with Crippen molar-refractivity contribution in [2.24, 2.45) is 7.05 Å². The lowest BCUT2D eigenvalue weighted by atomic mass is 10.0. The Bertz CT molecular complexity index is 546. The van der Waals surface area contributed by atoms with Gasteiger partial charge in [0.25, 0.3) is 0 Å². The molecule has 5 heteroatoms. The highest BCUT2D eigenvalue weighted by Gasteiger charge is 2.13. The van der Waals surface area contributed by atoms with Crippen LogP contribution in [0.3, 0.4) is 0 Å². The molecule has 0 aliphatic carbocycles. The van der Waals surface area contributed by atoms with E-state index in [9.17, 15) is 9.18 Å². The topological polar surface area (TPSA) is 55.1 Å². The van der Waals surface area contributed by atoms with Crippen molar-refractivity contribution < 1.29 is 14.3 Å². The van der Waals surface area contributed by atoms with Gasteiger partial charge in [0, 0.05) is 12.6 Å². The Hall–Kier alpha value is -2.17. The Morgan fingerprint density at radius 1 is 1.41 bits per heavy atom. The smallest absolute Gasteiger partial charge is 0.309 e. The van der Waals surface area contributed by atoms with Gasteiger partial charge in [-0.3, -0.25) is 9.48 Å². The van der Waals surface area contributed by atoms with Gasteiger partial charge in [-0.25, -0.2) is 4.39 Å². The standard InChI is InChI=1S/C12H11FN2O2/c1-15-11(6-12(16)17)10(7-14-15)8-2-4-9(13)5-3-8/h2-5,7H,6H2,1H3,(H,16,17). The first kappa shape index (κ1) is 11.3. The van der Waals surface area contributed by atoms with Crippen LogP contribution in [0.4, 0.5) is 4.39 Å². The number of halogens is 1. The molecule has 0 radical (unpaired) electrons. The molecule has 88 valence electrons. The number of aliphatic carboxylic acids is 1. The summed E-state index contributed by atoms with van der Waals surface area (Å²) in [6.07, 6.45) is 1.48. The maximum atomic E-state index is 12.8. The van der Waals surface area contributed by atoms with E-state index in [0.29, 0.717) is 5.69 Å². The maximum absolute atomic E-state index is 12.8. The molecule has 1 aromatic heterocycles. The molecule has 0 unspecified atom stereocenters. The van der Waals surface area contributed by atoms with Crippen molar-refractivity contribution >= 4 is 5.97 Å². The largest absolute Gasteiger partial charge is 0.481 e. The summed E-state index contributed by atoms with van der Waals surface area (Å²) in [5, 5.41) is 12.9. The van der Waals surface area contributed by atoms with E-state index >= 15 is 0 Å². The lowest BCUT2D eigenvalue weighted by molar-refractivity contribution is -0.136. The molecule has 0 spiro atoms. The van der Waals surface area contributed by atoms with Gasteiger partial charge < -0.3 is 5.11 Å². The van der Waals surface area contributed by atoms with Crippen molar-refractivity contribution in [2.75, 3.05) is 0 Å². The van der Waals surface area contributed by atoms with E-state index in [1.807, 2.05) is 0 Å². The summed E-state index contributed by atoms with van der Waals surface area (Å²) in [7, 11) is 1.69. The molecule has 2 rings (SSSR count). The van der Waals surface area contributed by atoms with E-state index in [0.717, 1.165) is 11.1 Å². The zero-order valence-corrected chi connectivity index (χ0v) is 9.22. The third kappa shape index (κ3) is 2.33. The van der Waals surface area contributed by atoms with Crippen LogP contribution in [-0.4, -0.2) is 20.9 Å². The van der Waals surface area contributed by atoms with Crippen LogP contribution in [0.2, 0.25) is 0 Å². The normalized spacial score (nSPS) is 10.5. The van der Waals surface area contributed by atoms with Gasteiger partial charge in [0.05, 0.1) is 18.3 Å². The second-order valence-corrected chi connectivity index (χ2v) is 3.71. The first-order valence-electron chi connectivity index (χ1n) is 5.06.